The summed E-state index contributed by atoms with van der Waals surface area (Å²) in [7, 11) is 0. The second-order valence-corrected chi connectivity index (χ2v) is 9.50. The normalized spacial score (nSPS) is 22.6. The maximum absolute atomic E-state index is 14.8. The van der Waals surface area contributed by atoms with Crippen molar-refractivity contribution in [2.75, 3.05) is 6.54 Å². The minimum absolute atomic E-state index is 0.0441. The number of amides is 1. The van der Waals surface area contributed by atoms with Gasteiger partial charge >= 0.3 is 5.97 Å². The molecule has 3 aromatic rings. The number of aromatic nitrogens is 1. The number of benzene rings is 2. The zero-order valence-electron chi connectivity index (χ0n) is 20.5. The van der Waals surface area contributed by atoms with Gasteiger partial charge in [-0.2, -0.15) is 0 Å². The van der Waals surface area contributed by atoms with Gasteiger partial charge in [-0.3, -0.25) is 9.59 Å². The van der Waals surface area contributed by atoms with Gasteiger partial charge in [0.05, 0.1) is 5.92 Å². The molecule has 1 saturated heterocycles. The number of carbonyl (C=O) groups excluding carboxylic acids is 1. The number of hydrogen-bond donors (Lipinski definition) is 2. The number of carboxylic acid groups (broad SMARTS) is 1. The van der Waals surface area contributed by atoms with E-state index in [9.17, 15) is 19.1 Å². The van der Waals surface area contributed by atoms with Crippen LogP contribution in [0.3, 0.4) is 0 Å². The summed E-state index contributed by atoms with van der Waals surface area (Å²) in [5, 5.41) is 10.2. The first-order valence-electron chi connectivity index (χ1n) is 12.9. The Bertz CT molecular complexity index is 1160. The molecular formula is C29H35FN2O3. The molecule has 5 nitrogen and oxygen atoms in total. The molecule has 186 valence electrons. The van der Waals surface area contributed by atoms with Crippen molar-refractivity contribution in [1.29, 1.82) is 0 Å². The third kappa shape index (κ3) is 5.12. The van der Waals surface area contributed by atoms with Gasteiger partial charge in [0.1, 0.15) is 5.82 Å². The first-order chi connectivity index (χ1) is 17.0. The summed E-state index contributed by atoms with van der Waals surface area (Å²) in [6.45, 7) is 4.26. The molecule has 1 aromatic heterocycles. The topological polar surface area (TPSA) is 73.4 Å². The number of H-pyrrole nitrogens is 1. The van der Waals surface area contributed by atoms with Crippen LogP contribution in [0.15, 0.2) is 54.7 Å². The van der Waals surface area contributed by atoms with E-state index in [1.54, 1.807) is 12.3 Å². The summed E-state index contributed by atoms with van der Waals surface area (Å²) in [4.78, 5) is 30.6. The largest absolute Gasteiger partial charge is 0.481 e. The van der Waals surface area contributed by atoms with Crippen molar-refractivity contribution in [1.82, 2.24) is 9.88 Å². The maximum Gasteiger partial charge on any atom is 0.308 e. The van der Waals surface area contributed by atoms with E-state index in [-0.39, 0.29) is 42.6 Å². The molecule has 6 heteroatoms. The molecule has 0 bridgehead atoms. The van der Waals surface area contributed by atoms with Crippen LogP contribution in [-0.2, 0) is 9.59 Å². The number of hydrogen-bond acceptors (Lipinski definition) is 2. The Morgan fingerprint density at radius 3 is 2.57 bits per heavy atom. The molecular weight excluding hydrogens is 443 g/mol. The van der Waals surface area contributed by atoms with E-state index in [2.05, 4.69) is 4.98 Å². The Balaban J connectivity index is 0.00000141. The van der Waals surface area contributed by atoms with Crippen molar-refractivity contribution in [3.05, 3.63) is 71.7 Å². The number of nitrogens with one attached hydrogen (secondary N) is 1. The average Bonchev–Trinajstić information content (AvgIpc) is 3.33. The van der Waals surface area contributed by atoms with Crippen LogP contribution in [0, 0.1) is 17.7 Å². The summed E-state index contributed by atoms with van der Waals surface area (Å²) in [5.74, 6) is -1.77. The van der Waals surface area contributed by atoms with E-state index < -0.39 is 11.9 Å². The monoisotopic (exact) mass is 478 g/mol. The molecule has 2 aliphatic rings. The summed E-state index contributed by atoms with van der Waals surface area (Å²) in [6, 6.07) is 14.8. The lowest BCUT2D eigenvalue weighted by atomic mass is 9.74. The Labute approximate surface area is 206 Å². The van der Waals surface area contributed by atoms with Crippen LogP contribution in [0.25, 0.3) is 10.9 Å². The molecule has 2 N–H and O–H groups in total. The molecule has 4 atom stereocenters. The standard InChI is InChI=1S/C27H29FN2O3.C2H6/c28-22-10-6-11-23-26(22)21(15-29-23)20(17-7-2-1-3-8-17)14-25(31)30-16-19(27(32)33)13-18-9-4-5-12-24(18)30;1-2/h1-3,6-8,10-11,15,18-20,24,29H,4-5,9,12-14,16H2,(H,32,33);1-2H3. The van der Waals surface area contributed by atoms with E-state index in [0.29, 0.717) is 17.3 Å². The first kappa shape index (κ1) is 25.0. The average molecular weight is 479 g/mol. The van der Waals surface area contributed by atoms with Crippen LogP contribution in [0.4, 0.5) is 4.39 Å². The molecule has 0 radical (unpaired) electrons. The molecule has 2 aromatic carbocycles. The van der Waals surface area contributed by atoms with E-state index in [1.165, 1.54) is 6.07 Å². The van der Waals surface area contributed by atoms with Crippen LogP contribution < -0.4 is 0 Å². The van der Waals surface area contributed by atoms with Gasteiger partial charge in [0.25, 0.3) is 0 Å². The number of piperidine rings is 1. The highest BCUT2D eigenvalue weighted by atomic mass is 19.1. The van der Waals surface area contributed by atoms with Crippen molar-refractivity contribution >= 4 is 22.8 Å². The number of likely N-dealkylation sites (tertiary alicyclic amines) is 1. The van der Waals surface area contributed by atoms with E-state index >= 15 is 0 Å². The summed E-state index contributed by atoms with van der Waals surface area (Å²) < 4.78 is 14.8. The Hall–Kier alpha value is -3.15. The van der Waals surface area contributed by atoms with Crippen LogP contribution >= 0.6 is 0 Å². The van der Waals surface area contributed by atoms with E-state index in [4.69, 9.17) is 0 Å². The van der Waals surface area contributed by atoms with Crippen molar-refractivity contribution in [3.8, 4) is 0 Å². The van der Waals surface area contributed by atoms with Gasteiger partial charge < -0.3 is 15.0 Å². The lowest BCUT2D eigenvalue weighted by Gasteiger charge is -2.46. The molecule has 35 heavy (non-hydrogen) atoms. The highest BCUT2D eigenvalue weighted by Gasteiger charge is 2.42. The molecule has 0 spiro atoms. The molecule has 2 fully saturated rings. The fraction of sp³-hybridized carbons (Fsp3) is 0.448. The van der Waals surface area contributed by atoms with Crippen LogP contribution in [0.5, 0.6) is 0 Å². The minimum Gasteiger partial charge on any atom is -0.481 e. The number of rotatable bonds is 5. The first-order valence-corrected chi connectivity index (χ1v) is 12.9. The highest BCUT2D eigenvalue weighted by molar-refractivity contribution is 5.87. The maximum atomic E-state index is 14.8. The second kappa shape index (κ2) is 11.1. The summed E-state index contributed by atoms with van der Waals surface area (Å²) in [5.41, 5.74) is 2.41. The number of nitrogens with zero attached hydrogens (tertiary/aromatic N) is 1. The fourth-order valence-corrected chi connectivity index (χ4v) is 5.98. The van der Waals surface area contributed by atoms with Gasteiger partial charge in [-0.15, -0.1) is 0 Å². The van der Waals surface area contributed by atoms with Crippen LogP contribution in [-0.4, -0.2) is 39.5 Å². The smallest absolute Gasteiger partial charge is 0.308 e. The number of fused-ring (bicyclic) bond motifs is 2. The molecule has 1 saturated carbocycles. The molecule has 1 aliphatic carbocycles. The molecule has 1 aliphatic heterocycles. The summed E-state index contributed by atoms with van der Waals surface area (Å²) >= 11 is 0. The fourth-order valence-electron chi connectivity index (χ4n) is 5.98. The number of carbonyl (C=O) groups is 2. The quantitative estimate of drug-likeness (QED) is 0.449. The van der Waals surface area contributed by atoms with Gasteiger partial charge in [0.15, 0.2) is 0 Å². The number of aliphatic carboxylic acids is 1. The Morgan fingerprint density at radius 1 is 1.09 bits per heavy atom. The Morgan fingerprint density at radius 2 is 1.83 bits per heavy atom. The molecule has 5 rings (SSSR count). The zero-order valence-corrected chi connectivity index (χ0v) is 20.5. The van der Waals surface area contributed by atoms with Gasteiger partial charge in [0.2, 0.25) is 5.91 Å². The SMILES string of the molecule is CC.O=C(O)C1CC2CCCCC2N(C(=O)CC(c2ccccc2)c2c[nH]c3cccc(F)c23)C1. The highest BCUT2D eigenvalue weighted by Crippen LogP contribution is 2.40. The second-order valence-electron chi connectivity index (χ2n) is 9.50. The van der Waals surface area contributed by atoms with E-state index in [0.717, 1.165) is 36.8 Å². The van der Waals surface area contributed by atoms with Crippen molar-refractivity contribution in [2.45, 2.75) is 64.3 Å². The third-order valence-electron chi connectivity index (χ3n) is 7.58. The van der Waals surface area contributed by atoms with Gasteiger partial charge in [0, 0.05) is 42.0 Å². The van der Waals surface area contributed by atoms with Crippen LogP contribution in [0.1, 0.15) is 69.4 Å². The van der Waals surface area contributed by atoms with Crippen molar-refractivity contribution < 1.29 is 19.1 Å². The van der Waals surface area contributed by atoms with Crippen molar-refractivity contribution in [3.63, 3.8) is 0 Å². The Kier molecular flexibility index (Phi) is 7.89. The molecule has 2 heterocycles. The lowest BCUT2D eigenvalue weighted by molar-refractivity contribution is -0.150. The van der Waals surface area contributed by atoms with Gasteiger partial charge in [-0.25, -0.2) is 4.39 Å². The van der Waals surface area contributed by atoms with Crippen molar-refractivity contribution in [2.24, 2.45) is 11.8 Å². The predicted molar refractivity (Wildman–Crippen MR) is 136 cm³/mol. The molecule has 1 amide bonds. The number of carboxylic acids is 1. The zero-order chi connectivity index (χ0) is 24.9. The third-order valence-corrected chi connectivity index (χ3v) is 7.58. The van der Waals surface area contributed by atoms with Gasteiger partial charge in [-0.05, 0) is 48.4 Å². The van der Waals surface area contributed by atoms with Crippen LogP contribution in [0.2, 0.25) is 0 Å². The van der Waals surface area contributed by atoms with E-state index in [1.807, 2.05) is 55.1 Å². The number of halogens is 1. The number of aromatic amines is 1. The predicted octanol–water partition coefficient (Wildman–Crippen LogP) is 6.35. The minimum atomic E-state index is -0.824. The van der Waals surface area contributed by atoms with Gasteiger partial charge in [-0.1, -0.05) is 63.1 Å². The molecule has 4 unspecified atom stereocenters. The summed E-state index contributed by atoms with van der Waals surface area (Å²) in [6.07, 6.45) is 6.71. The lowest BCUT2D eigenvalue weighted by Crippen LogP contribution is -2.54.